The first-order valence-corrected chi connectivity index (χ1v) is 8.37. The highest BCUT2D eigenvalue weighted by Crippen LogP contribution is 2.20. The molecular formula is C20H21FN2O2. The van der Waals surface area contributed by atoms with Crippen LogP contribution in [0.5, 0.6) is 0 Å². The van der Waals surface area contributed by atoms with Crippen molar-refractivity contribution in [2.24, 2.45) is 5.92 Å². The molecule has 1 aliphatic heterocycles. The van der Waals surface area contributed by atoms with E-state index in [2.05, 4.69) is 5.32 Å². The predicted octanol–water partition coefficient (Wildman–Crippen LogP) is 2.80. The lowest BCUT2D eigenvalue weighted by Crippen LogP contribution is -2.32. The van der Waals surface area contributed by atoms with Crippen LogP contribution in [0.2, 0.25) is 0 Å². The van der Waals surface area contributed by atoms with E-state index in [1.165, 1.54) is 17.7 Å². The molecule has 1 fully saturated rings. The number of aryl methyl sites for hydroxylation is 1. The summed E-state index contributed by atoms with van der Waals surface area (Å²) in [5, 5.41) is 2.83. The standard InChI is InChI=1S/C20H21FN2O2/c1-14-2-4-16(5-3-14)12-23-13-17(10-19(23)24)20(25)22-11-15-6-8-18(21)9-7-15/h2-9,17H,10-13H2,1H3,(H,22,25). The first-order valence-electron chi connectivity index (χ1n) is 8.37. The topological polar surface area (TPSA) is 49.4 Å². The fourth-order valence-corrected chi connectivity index (χ4v) is 2.95. The van der Waals surface area contributed by atoms with E-state index >= 15 is 0 Å². The molecule has 1 aliphatic rings. The van der Waals surface area contributed by atoms with Gasteiger partial charge in [0.25, 0.3) is 0 Å². The summed E-state index contributed by atoms with van der Waals surface area (Å²) in [6, 6.07) is 14.0. The minimum Gasteiger partial charge on any atom is -0.352 e. The fraction of sp³-hybridized carbons (Fsp3) is 0.300. The molecule has 2 amide bonds. The number of halogens is 1. The lowest BCUT2D eigenvalue weighted by Gasteiger charge is -2.17. The molecule has 0 aliphatic carbocycles. The van der Waals surface area contributed by atoms with E-state index in [0.29, 0.717) is 19.6 Å². The average molecular weight is 340 g/mol. The van der Waals surface area contributed by atoms with Gasteiger partial charge >= 0.3 is 0 Å². The normalized spacial score (nSPS) is 17.0. The summed E-state index contributed by atoms with van der Waals surface area (Å²) >= 11 is 0. The Morgan fingerprint density at radius 2 is 1.76 bits per heavy atom. The molecule has 2 aromatic rings. The third-order valence-electron chi connectivity index (χ3n) is 4.46. The van der Waals surface area contributed by atoms with E-state index in [-0.39, 0.29) is 30.0 Å². The Morgan fingerprint density at radius 3 is 2.44 bits per heavy atom. The van der Waals surface area contributed by atoms with Gasteiger partial charge in [-0.2, -0.15) is 0 Å². The number of benzene rings is 2. The summed E-state index contributed by atoms with van der Waals surface area (Å²) in [5.74, 6) is -0.770. The first-order chi connectivity index (χ1) is 12.0. The lowest BCUT2D eigenvalue weighted by atomic mass is 10.1. The van der Waals surface area contributed by atoms with E-state index in [4.69, 9.17) is 0 Å². The zero-order chi connectivity index (χ0) is 17.8. The van der Waals surface area contributed by atoms with E-state index in [1.807, 2.05) is 31.2 Å². The number of amides is 2. The van der Waals surface area contributed by atoms with Crippen molar-refractivity contribution in [2.45, 2.75) is 26.4 Å². The Kier molecular flexibility index (Phi) is 5.12. The van der Waals surface area contributed by atoms with Crippen molar-refractivity contribution in [3.05, 3.63) is 71.0 Å². The number of carbonyl (C=O) groups is 2. The predicted molar refractivity (Wildman–Crippen MR) is 92.9 cm³/mol. The highest BCUT2D eigenvalue weighted by molar-refractivity contribution is 5.89. The second-order valence-electron chi connectivity index (χ2n) is 6.51. The fourth-order valence-electron chi connectivity index (χ4n) is 2.95. The van der Waals surface area contributed by atoms with Gasteiger partial charge in [0, 0.05) is 26.1 Å². The SMILES string of the molecule is Cc1ccc(CN2CC(C(=O)NCc3ccc(F)cc3)CC2=O)cc1. The van der Waals surface area contributed by atoms with Gasteiger partial charge < -0.3 is 10.2 Å². The van der Waals surface area contributed by atoms with Gasteiger partial charge in [-0.15, -0.1) is 0 Å². The second kappa shape index (κ2) is 7.47. The summed E-state index contributed by atoms with van der Waals surface area (Å²) < 4.78 is 12.9. The lowest BCUT2D eigenvalue weighted by molar-refractivity contribution is -0.129. The molecule has 0 aromatic heterocycles. The number of rotatable bonds is 5. The van der Waals surface area contributed by atoms with Crippen molar-refractivity contribution < 1.29 is 14.0 Å². The molecular weight excluding hydrogens is 319 g/mol. The molecule has 5 heteroatoms. The Morgan fingerprint density at radius 1 is 1.12 bits per heavy atom. The Bertz CT molecular complexity index is 756. The minimum absolute atomic E-state index is 0.00232. The summed E-state index contributed by atoms with van der Waals surface area (Å²) in [5.41, 5.74) is 3.07. The largest absolute Gasteiger partial charge is 0.352 e. The van der Waals surface area contributed by atoms with Crippen molar-refractivity contribution in [3.8, 4) is 0 Å². The zero-order valence-electron chi connectivity index (χ0n) is 14.2. The molecule has 1 heterocycles. The Balaban J connectivity index is 1.53. The number of hydrogen-bond donors (Lipinski definition) is 1. The molecule has 1 unspecified atom stereocenters. The maximum atomic E-state index is 12.9. The Labute approximate surface area is 146 Å². The maximum Gasteiger partial charge on any atom is 0.225 e. The molecule has 0 bridgehead atoms. The maximum absolute atomic E-state index is 12.9. The van der Waals surface area contributed by atoms with Crippen molar-refractivity contribution in [1.82, 2.24) is 10.2 Å². The third kappa shape index (κ3) is 4.44. The highest BCUT2D eigenvalue weighted by Gasteiger charge is 2.34. The minimum atomic E-state index is -0.335. The van der Waals surface area contributed by atoms with Gasteiger partial charge in [0.1, 0.15) is 5.82 Å². The molecule has 3 rings (SSSR count). The van der Waals surface area contributed by atoms with Gasteiger partial charge in [-0.3, -0.25) is 9.59 Å². The van der Waals surface area contributed by atoms with Crippen molar-refractivity contribution >= 4 is 11.8 Å². The molecule has 0 spiro atoms. The van der Waals surface area contributed by atoms with Crippen LogP contribution in [0, 0.1) is 18.7 Å². The van der Waals surface area contributed by atoms with Crippen LogP contribution in [-0.2, 0) is 22.7 Å². The second-order valence-corrected chi connectivity index (χ2v) is 6.51. The number of carbonyl (C=O) groups excluding carboxylic acids is 2. The number of likely N-dealkylation sites (tertiary alicyclic amines) is 1. The van der Waals surface area contributed by atoms with Crippen LogP contribution in [0.3, 0.4) is 0 Å². The van der Waals surface area contributed by atoms with E-state index < -0.39 is 0 Å². The van der Waals surface area contributed by atoms with Crippen LogP contribution in [0.4, 0.5) is 4.39 Å². The molecule has 1 N–H and O–H groups in total. The number of nitrogens with zero attached hydrogens (tertiary/aromatic N) is 1. The number of nitrogens with one attached hydrogen (secondary N) is 1. The third-order valence-corrected chi connectivity index (χ3v) is 4.46. The summed E-state index contributed by atoms with van der Waals surface area (Å²) in [4.78, 5) is 26.2. The van der Waals surface area contributed by atoms with Gasteiger partial charge in [-0.25, -0.2) is 4.39 Å². The van der Waals surface area contributed by atoms with Crippen molar-refractivity contribution in [2.75, 3.05) is 6.54 Å². The van der Waals surface area contributed by atoms with Crippen molar-refractivity contribution in [1.29, 1.82) is 0 Å². The molecule has 4 nitrogen and oxygen atoms in total. The van der Waals surface area contributed by atoms with Crippen LogP contribution < -0.4 is 5.32 Å². The summed E-state index contributed by atoms with van der Waals surface area (Å²) in [6.45, 7) is 3.32. The van der Waals surface area contributed by atoms with Gasteiger partial charge in [0.2, 0.25) is 11.8 Å². The number of hydrogen-bond acceptors (Lipinski definition) is 2. The zero-order valence-corrected chi connectivity index (χ0v) is 14.2. The van der Waals surface area contributed by atoms with Gasteiger partial charge in [-0.05, 0) is 30.2 Å². The van der Waals surface area contributed by atoms with Crippen molar-refractivity contribution in [3.63, 3.8) is 0 Å². The van der Waals surface area contributed by atoms with Gasteiger partial charge in [0.05, 0.1) is 5.92 Å². The molecule has 2 aromatic carbocycles. The first kappa shape index (κ1) is 17.1. The van der Waals surface area contributed by atoms with Crippen LogP contribution in [0.25, 0.3) is 0 Å². The van der Waals surface area contributed by atoms with Crippen LogP contribution >= 0.6 is 0 Å². The Hall–Kier alpha value is -2.69. The molecule has 0 radical (unpaired) electrons. The van der Waals surface area contributed by atoms with Crippen LogP contribution in [-0.4, -0.2) is 23.3 Å². The molecule has 1 saturated heterocycles. The average Bonchev–Trinajstić information content (AvgIpc) is 2.97. The van der Waals surface area contributed by atoms with Crippen LogP contribution in [0.1, 0.15) is 23.1 Å². The van der Waals surface area contributed by atoms with E-state index in [1.54, 1.807) is 17.0 Å². The van der Waals surface area contributed by atoms with Crippen LogP contribution in [0.15, 0.2) is 48.5 Å². The molecule has 130 valence electrons. The van der Waals surface area contributed by atoms with E-state index in [9.17, 15) is 14.0 Å². The molecule has 25 heavy (non-hydrogen) atoms. The quantitative estimate of drug-likeness (QED) is 0.910. The highest BCUT2D eigenvalue weighted by atomic mass is 19.1. The molecule has 1 atom stereocenters. The smallest absolute Gasteiger partial charge is 0.225 e. The molecule has 0 saturated carbocycles. The van der Waals surface area contributed by atoms with Gasteiger partial charge in [-0.1, -0.05) is 42.0 Å². The summed E-state index contributed by atoms with van der Waals surface area (Å²) in [6.07, 6.45) is 0.237. The summed E-state index contributed by atoms with van der Waals surface area (Å²) in [7, 11) is 0. The monoisotopic (exact) mass is 340 g/mol. The van der Waals surface area contributed by atoms with Gasteiger partial charge in [0.15, 0.2) is 0 Å². The van der Waals surface area contributed by atoms with E-state index in [0.717, 1.165) is 11.1 Å².